The molecule has 0 unspecified atom stereocenters. The average molecular weight is 287 g/mol. The van der Waals surface area contributed by atoms with E-state index in [9.17, 15) is 0 Å². The molecule has 3 aromatic heterocycles. The van der Waals surface area contributed by atoms with Gasteiger partial charge in [0.2, 0.25) is 0 Å². The van der Waals surface area contributed by atoms with Gasteiger partial charge < -0.3 is 4.57 Å². The van der Waals surface area contributed by atoms with Gasteiger partial charge in [-0.1, -0.05) is 6.07 Å². The van der Waals surface area contributed by atoms with Gasteiger partial charge in [-0.05, 0) is 30.2 Å². The normalized spacial score (nSPS) is 11.1. The highest BCUT2D eigenvalue weighted by molar-refractivity contribution is 6.17. The number of aryl methyl sites for hydroxylation is 2. The van der Waals surface area contributed by atoms with E-state index < -0.39 is 0 Å². The fraction of sp³-hybridized carbons (Fsp3) is 0.267. The van der Waals surface area contributed by atoms with Gasteiger partial charge in [-0.3, -0.25) is 4.98 Å². The third kappa shape index (κ3) is 2.51. The Bertz CT molecular complexity index is 721. The quantitative estimate of drug-likeness (QED) is 0.693. The summed E-state index contributed by atoms with van der Waals surface area (Å²) < 4.78 is 2.12. The van der Waals surface area contributed by atoms with Crippen LogP contribution in [0, 0.1) is 6.92 Å². The van der Waals surface area contributed by atoms with Crippen LogP contribution >= 0.6 is 11.6 Å². The van der Waals surface area contributed by atoms with Crippen molar-refractivity contribution in [3.05, 3.63) is 53.7 Å². The summed E-state index contributed by atoms with van der Waals surface area (Å²) in [6.45, 7) is 2.74. The molecule has 0 atom stereocenters. The predicted molar refractivity (Wildman–Crippen MR) is 80.0 cm³/mol. The molecule has 0 saturated carbocycles. The Morgan fingerprint density at radius 3 is 2.95 bits per heavy atom. The number of halogens is 1. The monoisotopic (exact) mass is 286 g/mol. The molecule has 4 nitrogen and oxygen atoms in total. The summed E-state index contributed by atoms with van der Waals surface area (Å²) >= 11 is 5.88. The van der Waals surface area contributed by atoms with Gasteiger partial charge >= 0.3 is 0 Å². The molecule has 0 aromatic carbocycles. The number of pyridine rings is 2. The van der Waals surface area contributed by atoms with Crippen LogP contribution in [0.3, 0.4) is 0 Å². The number of aromatic nitrogens is 4. The van der Waals surface area contributed by atoms with Gasteiger partial charge in [-0.2, -0.15) is 0 Å². The number of imidazole rings is 1. The summed E-state index contributed by atoms with van der Waals surface area (Å²) in [5.74, 6) is 1.52. The summed E-state index contributed by atoms with van der Waals surface area (Å²) in [6, 6.07) is 6.05. The largest absolute Gasteiger partial charge is 0.308 e. The van der Waals surface area contributed by atoms with Crippen molar-refractivity contribution in [3.8, 4) is 0 Å². The lowest BCUT2D eigenvalue weighted by Gasteiger charge is -2.07. The first-order valence-electron chi connectivity index (χ1n) is 6.54. The third-order valence-electron chi connectivity index (χ3n) is 3.18. The fourth-order valence-corrected chi connectivity index (χ4v) is 2.44. The Kier molecular flexibility index (Phi) is 3.65. The minimum absolute atomic E-state index is 0.551. The van der Waals surface area contributed by atoms with Crippen molar-refractivity contribution in [1.29, 1.82) is 0 Å². The molecule has 3 heterocycles. The number of nitrogens with zero attached hydrogens (tertiary/aromatic N) is 4. The molecule has 0 radical (unpaired) electrons. The molecule has 0 saturated heterocycles. The lowest BCUT2D eigenvalue weighted by molar-refractivity contribution is 0.745. The van der Waals surface area contributed by atoms with Crippen molar-refractivity contribution in [2.24, 2.45) is 0 Å². The second-order valence-electron chi connectivity index (χ2n) is 4.77. The first-order chi connectivity index (χ1) is 9.78. The number of fused-ring (bicyclic) bond motifs is 1. The lowest BCUT2D eigenvalue weighted by atomic mass is 10.2. The summed E-state index contributed by atoms with van der Waals surface area (Å²) in [7, 11) is 0. The van der Waals surface area contributed by atoms with Gasteiger partial charge in [-0.15, -0.1) is 11.6 Å². The van der Waals surface area contributed by atoms with E-state index in [0.29, 0.717) is 12.4 Å². The molecule has 0 fully saturated rings. The van der Waals surface area contributed by atoms with Crippen LogP contribution in [0.2, 0.25) is 0 Å². The van der Waals surface area contributed by atoms with Crippen LogP contribution in [-0.4, -0.2) is 25.4 Å². The summed E-state index contributed by atoms with van der Waals surface area (Å²) in [5.41, 5.74) is 4.07. The van der Waals surface area contributed by atoms with Gasteiger partial charge in [0.15, 0.2) is 5.65 Å². The first kappa shape index (κ1) is 13.1. The maximum atomic E-state index is 5.88. The minimum Gasteiger partial charge on any atom is -0.308 e. The molecule has 0 amide bonds. The molecule has 0 bridgehead atoms. The summed E-state index contributed by atoms with van der Waals surface area (Å²) in [5, 5.41) is 0. The zero-order valence-corrected chi connectivity index (χ0v) is 12.0. The number of hydrogen-bond donors (Lipinski definition) is 0. The van der Waals surface area contributed by atoms with E-state index in [0.717, 1.165) is 34.5 Å². The maximum Gasteiger partial charge on any atom is 0.160 e. The van der Waals surface area contributed by atoms with Gasteiger partial charge in [0.1, 0.15) is 11.3 Å². The molecule has 0 aliphatic rings. The van der Waals surface area contributed by atoms with Crippen molar-refractivity contribution in [2.45, 2.75) is 19.9 Å². The Morgan fingerprint density at radius 2 is 2.20 bits per heavy atom. The standard InChI is InChI=1S/C15H15ClN4/c1-11-7-13-15(18-8-11)20(14(19-13)4-5-16)10-12-3-2-6-17-9-12/h2-3,6-9H,4-5,10H2,1H3. The van der Waals surface area contributed by atoms with Crippen LogP contribution in [-0.2, 0) is 13.0 Å². The predicted octanol–water partition coefficient (Wildman–Crippen LogP) is 2.96. The van der Waals surface area contributed by atoms with E-state index >= 15 is 0 Å². The zero-order chi connectivity index (χ0) is 13.9. The van der Waals surface area contributed by atoms with E-state index in [4.69, 9.17) is 11.6 Å². The fourth-order valence-electron chi connectivity index (χ4n) is 2.27. The summed E-state index contributed by atoms with van der Waals surface area (Å²) in [4.78, 5) is 13.3. The van der Waals surface area contributed by atoms with E-state index in [1.54, 1.807) is 6.20 Å². The highest BCUT2D eigenvalue weighted by atomic mass is 35.5. The van der Waals surface area contributed by atoms with Crippen LogP contribution in [0.25, 0.3) is 11.2 Å². The molecule has 102 valence electrons. The van der Waals surface area contributed by atoms with Crippen LogP contribution in [0.15, 0.2) is 36.8 Å². The Morgan fingerprint density at radius 1 is 1.30 bits per heavy atom. The molecular weight excluding hydrogens is 272 g/mol. The molecule has 0 spiro atoms. The van der Waals surface area contributed by atoms with Crippen LogP contribution < -0.4 is 0 Å². The SMILES string of the molecule is Cc1cnc2c(c1)nc(CCCl)n2Cc1cccnc1. The lowest BCUT2D eigenvalue weighted by Crippen LogP contribution is -2.06. The molecular formula is C15H15ClN4. The molecule has 0 N–H and O–H groups in total. The molecule has 20 heavy (non-hydrogen) atoms. The summed E-state index contributed by atoms with van der Waals surface area (Å²) in [6.07, 6.45) is 6.24. The Balaban J connectivity index is 2.09. The van der Waals surface area contributed by atoms with E-state index in [-0.39, 0.29) is 0 Å². The van der Waals surface area contributed by atoms with E-state index in [2.05, 4.69) is 31.7 Å². The molecule has 3 aromatic rings. The zero-order valence-electron chi connectivity index (χ0n) is 11.3. The van der Waals surface area contributed by atoms with Gasteiger partial charge in [-0.25, -0.2) is 9.97 Å². The minimum atomic E-state index is 0.551. The van der Waals surface area contributed by atoms with Crippen molar-refractivity contribution >= 4 is 22.8 Å². The number of alkyl halides is 1. The van der Waals surface area contributed by atoms with Gasteiger partial charge in [0, 0.05) is 30.9 Å². The van der Waals surface area contributed by atoms with Crippen LogP contribution in [0.4, 0.5) is 0 Å². The molecule has 0 aliphatic heterocycles. The van der Waals surface area contributed by atoms with E-state index in [1.807, 2.05) is 25.4 Å². The van der Waals surface area contributed by atoms with Crippen molar-refractivity contribution < 1.29 is 0 Å². The second kappa shape index (κ2) is 5.59. The first-order valence-corrected chi connectivity index (χ1v) is 7.08. The molecule has 3 rings (SSSR count). The van der Waals surface area contributed by atoms with Crippen LogP contribution in [0.1, 0.15) is 17.0 Å². The van der Waals surface area contributed by atoms with Crippen molar-refractivity contribution in [1.82, 2.24) is 19.5 Å². The highest BCUT2D eigenvalue weighted by Gasteiger charge is 2.12. The van der Waals surface area contributed by atoms with Gasteiger partial charge in [0.05, 0.1) is 6.54 Å². The van der Waals surface area contributed by atoms with Crippen LogP contribution in [0.5, 0.6) is 0 Å². The number of rotatable bonds is 4. The second-order valence-corrected chi connectivity index (χ2v) is 5.15. The van der Waals surface area contributed by atoms with E-state index in [1.165, 1.54) is 0 Å². The highest BCUT2D eigenvalue weighted by Crippen LogP contribution is 2.17. The average Bonchev–Trinajstić information content (AvgIpc) is 2.77. The Labute approximate surface area is 122 Å². The number of hydrogen-bond acceptors (Lipinski definition) is 3. The Hall–Kier alpha value is -1.94. The smallest absolute Gasteiger partial charge is 0.160 e. The maximum absolute atomic E-state index is 5.88. The topological polar surface area (TPSA) is 43.6 Å². The third-order valence-corrected chi connectivity index (χ3v) is 3.37. The molecule has 0 aliphatic carbocycles. The van der Waals surface area contributed by atoms with Gasteiger partial charge in [0.25, 0.3) is 0 Å². The molecule has 5 heteroatoms. The van der Waals surface area contributed by atoms with Crippen molar-refractivity contribution in [3.63, 3.8) is 0 Å². The van der Waals surface area contributed by atoms with Crippen molar-refractivity contribution in [2.75, 3.05) is 5.88 Å².